The van der Waals surface area contributed by atoms with Gasteiger partial charge in [-0.15, -0.1) is 0 Å². The Morgan fingerprint density at radius 2 is 1.63 bits per heavy atom. The highest BCUT2D eigenvalue weighted by Gasteiger charge is 2.29. The smallest absolute Gasteiger partial charge is 0.410 e. The van der Waals surface area contributed by atoms with Crippen molar-refractivity contribution in [3.63, 3.8) is 0 Å². The summed E-state index contributed by atoms with van der Waals surface area (Å²) >= 11 is 12.2. The minimum Gasteiger partial charge on any atom is -0.444 e. The summed E-state index contributed by atoms with van der Waals surface area (Å²) in [6.45, 7) is 7.25. The summed E-state index contributed by atoms with van der Waals surface area (Å²) in [6, 6.07) is 18.4. The van der Waals surface area contributed by atoms with E-state index in [1.165, 1.54) is 36.4 Å². The molecule has 1 heterocycles. The lowest BCUT2D eigenvalue weighted by Crippen LogP contribution is -2.42. The maximum atomic E-state index is 13.7. The molecular formula is C31H35Cl2N3O6S. The van der Waals surface area contributed by atoms with Gasteiger partial charge < -0.3 is 19.8 Å². The number of rotatable bonds is 9. The molecule has 3 aromatic carbocycles. The van der Waals surface area contributed by atoms with Gasteiger partial charge in [0.15, 0.2) is 5.75 Å². The largest absolute Gasteiger partial charge is 0.444 e. The zero-order valence-electron chi connectivity index (χ0n) is 24.3. The number of likely N-dealkylation sites (tertiary alicyclic amines) is 1. The summed E-state index contributed by atoms with van der Waals surface area (Å²) in [6.07, 6.45) is 2.15. The Morgan fingerprint density at radius 1 is 0.977 bits per heavy atom. The number of piperidine rings is 1. The fourth-order valence-electron chi connectivity index (χ4n) is 4.53. The number of sulfonamides is 1. The quantitative estimate of drug-likeness (QED) is 0.252. The fraction of sp³-hybridized carbons (Fsp3) is 0.355. The van der Waals surface area contributed by atoms with Gasteiger partial charge >= 0.3 is 6.09 Å². The molecule has 1 aliphatic rings. The van der Waals surface area contributed by atoms with Crippen molar-refractivity contribution in [1.82, 2.24) is 10.2 Å². The predicted molar refractivity (Wildman–Crippen MR) is 167 cm³/mol. The lowest BCUT2D eigenvalue weighted by molar-refractivity contribution is 0.0181. The van der Waals surface area contributed by atoms with Crippen LogP contribution in [-0.4, -0.2) is 50.6 Å². The number of carbonyl (C=O) groups excluding carboxylic acids is 2. The van der Waals surface area contributed by atoms with E-state index >= 15 is 0 Å². The molecule has 0 aliphatic carbocycles. The third kappa shape index (κ3) is 8.78. The summed E-state index contributed by atoms with van der Waals surface area (Å²) in [5.74, 6) is 0.175. The Kier molecular flexibility index (Phi) is 10.5. The Balaban J connectivity index is 1.36. The molecule has 0 bridgehead atoms. The molecule has 2 amide bonds. The van der Waals surface area contributed by atoms with Crippen molar-refractivity contribution in [1.29, 1.82) is 0 Å². The molecular weight excluding hydrogens is 613 g/mol. The number of carbonyl (C=O) groups is 2. The van der Waals surface area contributed by atoms with Gasteiger partial charge in [0.25, 0.3) is 15.9 Å². The molecule has 4 rings (SSSR count). The van der Waals surface area contributed by atoms with Crippen LogP contribution in [-0.2, 0) is 14.8 Å². The van der Waals surface area contributed by atoms with E-state index in [9.17, 15) is 18.0 Å². The number of halogens is 2. The number of nitrogens with one attached hydrogen (secondary N) is 1. The first-order valence-electron chi connectivity index (χ1n) is 13.9. The maximum Gasteiger partial charge on any atom is 0.410 e. The van der Waals surface area contributed by atoms with E-state index < -0.39 is 15.6 Å². The second-order valence-corrected chi connectivity index (χ2v) is 13.8. The summed E-state index contributed by atoms with van der Waals surface area (Å²) < 4.78 is 33.6. The van der Waals surface area contributed by atoms with Crippen LogP contribution in [0.15, 0.2) is 77.7 Å². The van der Waals surface area contributed by atoms with Crippen molar-refractivity contribution in [3.8, 4) is 5.75 Å². The average Bonchev–Trinajstić information content (AvgIpc) is 2.96. The first kappa shape index (κ1) is 32.4. The van der Waals surface area contributed by atoms with Gasteiger partial charge in [-0.3, -0.25) is 4.79 Å². The van der Waals surface area contributed by atoms with E-state index in [-0.39, 0.29) is 33.4 Å². The SMILES string of the molecule is CC(C)(C)OC(=O)N1CCC(CCNC(=O)c2ccc(S(=O)(=O)N(Oc3ccc(Cl)cc3Cl)c3ccccc3)cc2)CC1. The first-order valence-corrected chi connectivity index (χ1v) is 16.1. The van der Waals surface area contributed by atoms with Gasteiger partial charge in [-0.25, -0.2) is 4.79 Å². The molecule has 1 fully saturated rings. The second kappa shape index (κ2) is 13.9. The van der Waals surface area contributed by atoms with E-state index in [0.29, 0.717) is 36.1 Å². The van der Waals surface area contributed by atoms with Crippen molar-refractivity contribution in [2.75, 3.05) is 24.1 Å². The number of hydrogen-bond acceptors (Lipinski definition) is 6. The molecule has 0 aromatic heterocycles. The Morgan fingerprint density at radius 3 is 2.23 bits per heavy atom. The van der Waals surface area contributed by atoms with Crippen LogP contribution in [0.2, 0.25) is 10.0 Å². The van der Waals surface area contributed by atoms with Gasteiger partial charge in [0.2, 0.25) is 0 Å². The predicted octanol–water partition coefficient (Wildman–Crippen LogP) is 6.95. The Bertz CT molecular complexity index is 1520. The van der Waals surface area contributed by atoms with Crippen molar-refractivity contribution in [3.05, 3.63) is 88.4 Å². The van der Waals surface area contributed by atoms with Crippen LogP contribution in [0.1, 0.15) is 50.4 Å². The highest BCUT2D eigenvalue weighted by Crippen LogP contribution is 2.32. The van der Waals surface area contributed by atoms with Gasteiger partial charge in [-0.05, 0) is 101 Å². The third-order valence-corrected chi connectivity index (χ3v) is 8.90. The minimum atomic E-state index is -4.22. The molecule has 0 unspecified atom stereocenters. The molecule has 0 radical (unpaired) electrons. The summed E-state index contributed by atoms with van der Waals surface area (Å²) in [5, 5.41) is 3.43. The lowest BCUT2D eigenvalue weighted by Gasteiger charge is -2.33. The zero-order chi connectivity index (χ0) is 31.2. The molecule has 12 heteroatoms. The van der Waals surface area contributed by atoms with E-state index in [0.717, 1.165) is 23.7 Å². The molecule has 9 nitrogen and oxygen atoms in total. The fourth-order valence-corrected chi connectivity index (χ4v) is 6.22. The highest BCUT2D eigenvalue weighted by molar-refractivity contribution is 7.92. The normalized spacial score (nSPS) is 14.2. The van der Waals surface area contributed by atoms with Crippen LogP contribution in [0.4, 0.5) is 10.5 Å². The molecule has 1 aliphatic heterocycles. The Labute approximate surface area is 262 Å². The van der Waals surface area contributed by atoms with Crippen molar-refractivity contribution >= 4 is 50.9 Å². The monoisotopic (exact) mass is 647 g/mol. The molecule has 1 saturated heterocycles. The molecule has 0 saturated carbocycles. The number of para-hydroxylation sites is 1. The molecule has 0 atom stereocenters. The standard InChI is InChI=1S/C31H35Cl2N3O6S/c1-31(2,3)41-30(38)35-19-16-22(17-20-35)15-18-34-29(37)23-9-12-26(13-10-23)43(39,40)36(25-7-5-4-6-8-25)42-28-14-11-24(32)21-27(28)33/h4-14,21-22H,15-20H2,1-3H3,(H,34,37). The number of anilines is 1. The van der Waals surface area contributed by atoms with E-state index in [1.807, 2.05) is 20.8 Å². The number of hydrogen-bond donors (Lipinski definition) is 1. The zero-order valence-corrected chi connectivity index (χ0v) is 26.6. The van der Waals surface area contributed by atoms with Crippen LogP contribution < -0.4 is 14.6 Å². The molecule has 1 N–H and O–H groups in total. The van der Waals surface area contributed by atoms with Gasteiger partial charge in [-0.1, -0.05) is 45.9 Å². The van der Waals surface area contributed by atoms with E-state index in [4.69, 9.17) is 32.8 Å². The van der Waals surface area contributed by atoms with Gasteiger partial charge in [0, 0.05) is 30.2 Å². The van der Waals surface area contributed by atoms with Gasteiger partial charge in [0.05, 0.1) is 15.6 Å². The Hall–Kier alpha value is -3.47. The van der Waals surface area contributed by atoms with E-state index in [2.05, 4.69) is 5.32 Å². The van der Waals surface area contributed by atoms with Gasteiger partial charge in [-0.2, -0.15) is 8.42 Å². The summed E-state index contributed by atoms with van der Waals surface area (Å²) in [4.78, 5) is 32.5. The number of nitrogens with zero attached hydrogens (tertiary/aromatic N) is 2. The van der Waals surface area contributed by atoms with E-state index in [1.54, 1.807) is 41.3 Å². The molecule has 0 spiro atoms. The average molecular weight is 649 g/mol. The van der Waals surface area contributed by atoms with Crippen molar-refractivity contribution in [2.24, 2.45) is 5.92 Å². The third-order valence-electron chi connectivity index (χ3n) is 6.78. The number of ether oxygens (including phenoxy) is 1. The number of benzene rings is 3. The number of amides is 2. The minimum absolute atomic E-state index is 0.0743. The van der Waals surface area contributed by atoms with Gasteiger partial charge in [0.1, 0.15) is 5.60 Å². The van der Waals surface area contributed by atoms with Crippen LogP contribution >= 0.6 is 23.2 Å². The first-order chi connectivity index (χ1) is 20.3. The lowest BCUT2D eigenvalue weighted by atomic mass is 9.94. The topological polar surface area (TPSA) is 105 Å². The van der Waals surface area contributed by atoms with Crippen LogP contribution in [0.3, 0.4) is 0 Å². The summed E-state index contributed by atoms with van der Waals surface area (Å²) in [7, 11) is -4.22. The van der Waals surface area contributed by atoms with Crippen LogP contribution in [0.25, 0.3) is 0 Å². The van der Waals surface area contributed by atoms with Crippen LogP contribution in [0, 0.1) is 5.92 Å². The van der Waals surface area contributed by atoms with Crippen LogP contribution in [0.5, 0.6) is 5.75 Å². The second-order valence-electron chi connectivity index (χ2n) is 11.2. The molecule has 230 valence electrons. The van der Waals surface area contributed by atoms with Crippen molar-refractivity contribution < 1.29 is 27.6 Å². The highest BCUT2D eigenvalue weighted by atomic mass is 35.5. The van der Waals surface area contributed by atoms with Crippen molar-refractivity contribution in [2.45, 2.75) is 50.5 Å². The molecule has 43 heavy (non-hydrogen) atoms. The summed E-state index contributed by atoms with van der Waals surface area (Å²) in [5.41, 5.74) is 0.0559. The molecule has 3 aromatic rings. The maximum absolute atomic E-state index is 13.7.